The molecule has 1 unspecified atom stereocenters. The van der Waals surface area contributed by atoms with Gasteiger partial charge in [0.2, 0.25) is 5.91 Å². The summed E-state index contributed by atoms with van der Waals surface area (Å²) in [5, 5.41) is 7.03. The number of carbonyl (C=O) groups is 1. The fourth-order valence-electron chi connectivity index (χ4n) is 2.51. The van der Waals surface area contributed by atoms with Crippen molar-refractivity contribution in [2.24, 2.45) is 0 Å². The summed E-state index contributed by atoms with van der Waals surface area (Å²) in [5.41, 5.74) is 2.77. The molecule has 0 bridgehead atoms. The van der Waals surface area contributed by atoms with Gasteiger partial charge in [-0.1, -0.05) is 24.3 Å². The predicted molar refractivity (Wildman–Crippen MR) is 95.6 cm³/mol. The highest BCUT2D eigenvalue weighted by Crippen LogP contribution is 2.22. The van der Waals surface area contributed by atoms with Crippen LogP contribution in [0.5, 0.6) is 5.75 Å². The van der Waals surface area contributed by atoms with Crippen molar-refractivity contribution in [3.05, 3.63) is 72.3 Å². The topological polar surface area (TPSA) is 69.0 Å². The zero-order chi connectivity index (χ0) is 17.6. The average Bonchev–Trinajstić information content (AvgIpc) is 3.15. The minimum absolute atomic E-state index is 0.0581. The van der Waals surface area contributed by atoms with Gasteiger partial charge in [0.1, 0.15) is 18.4 Å². The number of nitrogens with zero attached hydrogens (tertiary/aromatic N) is 3. The third kappa shape index (κ3) is 4.23. The monoisotopic (exact) mass is 336 g/mol. The fraction of sp³-hybridized carbons (Fsp3) is 0.211. The Labute approximate surface area is 146 Å². The lowest BCUT2D eigenvalue weighted by molar-refractivity contribution is -0.117. The number of aromatic nitrogens is 3. The van der Waals surface area contributed by atoms with Crippen molar-refractivity contribution in [2.45, 2.75) is 19.4 Å². The van der Waals surface area contributed by atoms with Crippen LogP contribution in [-0.4, -0.2) is 27.8 Å². The minimum atomic E-state index is -0.273. The molecular weight excluding hydrogens is 316 g/mol. The second-order valence-corrected chi connectivity index (χ2v) is 5.78. The van der Waals surface area contributed by atoms with E-state index in [1.165, 1.54) is 6.33 Å². The van der Waals surface area contributed by atoms with E-state index >= 15 is 0 Å². The number of benzene rings is 2. The fourth-order valence-corrected chi connectivity index (χ4v) is 2.51. The Kier molecular flexibility index (Phi) is 5.09. The molecule has 1 atom stereocenters. The molecule has 0 spiro atoms. The lowest BCUT2D eigenvalue weighted by Crippen LogP contribution is -2.18. The maximum absolute atomic E-state index is 12.5. The molecule has 6 nitrogen and oxygen atoms in total. The Bertz CT molecular complexity index is 829. The van der Waals surface area contributed by atoms with Gasteiger partial charge in [-0.2, -0.15) is 5.10 Å². The summed E-state index contributed by atoms with van der Waals surface area (Å²) < 4.78 is 6.96. The van der Waals surface area contributed by atoms with E-state index in [-0.39, 0.29) is 11.8 Å². The summed E-state index contributed by atoms with van der Waals surface area (Å²) in [6.45, 7) is 2.53. The summed E-state index contributed by atoms with van der Waals surface area (Å²) in [6.07, 6.45) is 3.18. The van der Waals surface area contributed by atoms with Gasteiger partial charge in [0.05, 0.1) is 19.6 Å². The predicted octanol–water partition coefficient (Wildman–Crippen LogP) is 3.08. The van der Waals surface area contributed by atoms with Gasteiger partial charge in [-0.15, -0.1) is 0 Å². The molecule has 0 aliphatic rings. The van der Waals surface area contributed by atoms with Crippen molar-refractivity contribution in [3.63, 3.8) is 0 Å². The van der Waals surface area contributed by atoms with Crippen LogP contribution in [0.1, 0.15) is 24.0 Å². The number of nitrogens with one attached hydrogen (secondary N) is 1. The summed E-state index contributed by atoms with van der Waals surface area (Å²) >= 11 is 0. The number of hydrogen-bond acceptors (Lipinski definition) is 4. The zero-order valence-corrected chi connectivity index (χ0v) is 14.2. The van der Waals surface area contributed by atoms with Gasteiger partial charge < -0.3 is 10.1 Å². The molecular formula is C19H20N4O2. The molecule has 0 aliphatic heterocycles. The molecule has 25 heavy (non-hydrogen) atoms. The maximum Gasteiger partial charge on any atom is 0.231 e. The molecule has 2 aromatic carbocycles. The molecule has 0 radical (unpaired) electrons. The second kappa shape index (κ2) is 7.61. The van der Waals surface area contributed by atoms with Crippen LogP contribution < -0.4 is 10.1 Å². The van der Waals surface area contributed by atoms with Gasteiger partial charge in [0, 0.05) is 5.69 Å². The van der Waals surface area contributed by atoms with Crippen molar-refractivity contribution in [3.8, 4) is 5.75 Å². The Hall–Kier alpha value is -3.15. The molecule has 3 rings (SSSR count). The van der Waals surface area contributed by atoms with Gasteiger partial charge in [-0.05, 0) is 42.3 Å². The molecule has 1 aromatic heterocycles. The zero-order valence-electron chi connectivity index (χ0n) is 14.2. The van der Waals surface area contributed by atoms with E-state index in [4.69, 9.17) is 4.74 Å². The van der Waals surface area contributed by atoms with E-state index in [1.54, 1.807) is 18.1 Å². The lowest BCUT2D eigenvalue weighted by atomic mass is 10.00. The van der Waals surface area contributed by atoms with Gasteiger partial charge >= 0.3 is 0 Å². The van der Waals surface area contributed by atoms with Gasteiger partial charge in [-0.3, -0.25) is 4.79 Å². The summed E-state index contributed by atoms with van der Waals surface area (Å²) in [7, 11) is 1.62. The van der Waals surface area contributed by atoms with E-state index in [0.29, 0.717) is 6.54 Å². The minimum Gasteiger partial charge on any atom is -0.497 e. The number of amides is 1. The summed E-state index contributed by atoms with van der Waals surface area (Å²) in [6, 6.07) is 15.3. The largest absolute Gasteiger partial charge is 0.497 e. The van der Waals surface area contributed by atoms with E-state index in [2.05, 4.69) is 15.4 Å². The first-order chi connectivity index (χ1) is 12.2. The first-order valence-corrected chi connectivity index (χ1v) is 8.02. The molecule has 0 saturated heterocycles. The third-order valence-electron chi connectivity index (χ3n) is 4.02. The van der Waals surface area contributed by atoms with Crippen molar-refractivity contribution in [1.29, 1.82) is 0 Å². The molecule has 0 saturated carbocycles. The van der Waals surface area contributed by atoms with Crippen molar-refractivity contribution in [2.75, 3.05) is 12.4 Å². The maximum atomic E-state index is 12.5. The Balaban J connectivity index is 1.63. The van der Waals surface area contributed by atoms with E-state index in [9.17, 15) is 4.79 Å². The molecule has 128 valence electrons. The van der Waals surface area contributed by atoms with Crippen LogP contribution in [0.3, 0.4) is 0 Å². The van der Waals surface area contributed by atoms with Crippen LogP contribution in [-0.2, 0) is 11.3 Å². The Morgan fingerprint density at radius 1 is 1.24 bits per heavy atom. The Morgan fingerprint density at radius 2 is 2.04 bits per heavy atom. The first kappa shape index (κ1) is 16.7. The van der Waals surface area contributed by atoms with Gasteiger partial charge in [-0.25, -0.2) is 9.67 Å². The normalized spacial score (nSPS) is 11.8. The molecule has 0 aliphatic carbocycles. The number of methoxy groups -OCH3 is 1. The summed E-state index contributed by atoms with van der Waals surface area (Å²) in [4.78, 5) is 16.4. The molecule has 1 N–H and O–H groups in total. The highest BCUT2D eigenvalue weighted by molar-refractivity contribution is 5.95. The lowest BCUT2D eigenvalue weighted by Gasteiger charge is -2.14. The molecule has 0 fully saturated rings. The summed E-state index contributed by atoms with van der Waals surface area (Å²) in [5.74, 6) is 0.414. The molecule has 1 heterocycles. The standard InChI is InChI=1S/C19H20N4O2/c1-14(16-4-3-5-18(10-16)25-2)19(24)22-17-8-6-15(7-9-17)11-23-13-20-12-21-23/h3-10,12-14H,11H2,1-2H3,(H,22,24). The van der Waals surface area contributed by atoms with Crippen LogP contribution >= 0.6 is 0 Å². The number of carbonyl (C=O) groups excluding carboxylic acids is 1. The Morgan fingerprint density at radius 3 is 2.72 bits per heavy atom. The van der Waals surface area contributed by atoms with Crippen molar-refractivity contribution in [1.82, 2.24) is 14.8 Å². The quantitative estimate of drug-likeness (QED) is 0.751. The molecule has 6 heteroatoms. The molecule has 3 aromatic rings. The smallest absolute Gasteiger partial charge is 0.231 e. The third-order valence-corrected chi connectivity index (χ3v) is 4.02. The second-order valence-electron chi connectivity index (χ2n) is 5.78. The highest BCUT2D eigenvalue weighted by Gasteiger charge is 2.16. The van der Waals surface area contributed by atoms with E-state index < -0.39 is 0 Å². The molecule has 1 amide bonds. The van der Waals surface area contributed by atoms with Crippen LogP contribution in [0.4, 0.5) is 5.69 Å². The first-order valence-electron chi connectivity index (χ1n) is 8.02. The van der Waals surface area contributed by atoms with Crippen LogP contribution in [0.15, 0.2) is 61.2 Å². The van der Waals surface area contributed by atoms with E-state index in [1.807, 2.05) is 55.5 Å². The number of ether oxygens (including phenoxy) is 1. The van der Waals surface area contributed by atoms with Crippen molar-refractivity contribution >= 4 is 11.6 Å². The number of rotatable bonds is 6. The number of hydrogen-bond donors (Lipinski definition) is 1. The highest BCUT2D eigenvalue weighted by atomic mass is 16.5. The van der Waals surface area contributed by atoms with Crippen LogP contribution in [0.2, 0.25) is 0 Å². The van der Waals surface area contributed by atoms with Crippen LogP contribution in [0, 0.1) is 0 Å². The van der Waals surface area contributed by atoms with E-state index in [0.717, 1.165) is 22.6 Å². The average molecular weight is 336 g/mol. The van der Waals surface area contributed by atoms with Gasteiger partial charge in [0.15, 0.2) is 0 Å². The SMILES string of the molecule is COc1cccc(C(C)C(=O)Nc2ccc(Cn3cncn3)cc2)c1. The number of anilines is 1. The van der Waals surface area contributed by atoms with Crippen LogP contribution in [0.25, 0.3) is 0 Å². The van der Waals surface area contributed by atoms with Crippen molar-refractivity contribution < 1.29 is 9.53 Å². The van der Waals surface area contributed by atoms with Gasteiger partial charge in [0.25, 0.3) is 0 Å².